The number of ether oxygens (including phenoxy) is 1. The standard InChI is InChI=1S/C19H32O6/c1-3-17(24-21)13-10-8-11-15-18(25-22)14-9-6-4-5-7-12-16-19(20)23-2/h8-11,13-14,17-18,21-22H,3-7,12,15-16H2,1-2H3/b11-8-,13-10+,14-9+. The molecule has 0 aromatic carbocycles. The molecule has 2 unspecified atom stereocenters. The molecule has 2 atom stereocenters. The van der Waals surface area contributed by atoms with Crippen LogP contribution in [0.4, 0.5) is 0 Å². The van der Waals surface area contributed by atoms with Crippen molar-refractivity contribution < 1.29 is 29.8 Å². The predicted molar refractivity (Wildman–Crippen MR) is 97.0 cm³/mol. The molecular weight excluding hydrogens is 324 g/mol. The normalized spacial score (nSPS) is 14.6. The molecule has 6 nitrogen and oxygen atoms in total. The molecule has 0 saturated heterocycles. The third kappa shape index (κ3) is 14.6. The lowest BCUT2D eigenvalue weighted by Crippen LogP contribution is -2.05. The van der Waals surface area contributed by atoms with Gasteiger partial charge in [-0.2, -0.15) is 0 Å². The van der Waals surface area contributed by atoms with E-state index in [1.165, 1.54) is 7.11 Å². The van der Waals surface area contributed by atoms with Crippen molar-refractivity contribution in [3.63, 3.8) is 0 Å². The third-order valence-corrected chi connectivity index (χ3v) is 3.69. The van der Waals surface area contributed by atoms with Crippen LogP contribution in [0.3, 0.4) is 0 Å². The quantitative estimate of drug-likeness (QED) is 0.111. The average molecular weight is 356 g/mol. The molecule has 0 saturated carbocycles. The number of carbonyl (C=O) groups excluding carboxylic acids is 1. The lowest BCUT2D eigenvalue weighted by molar-refractivity contribution is -0.266. The van der Waals surface area contributed by atoms with E-state index in [9.17, 15) is 4.79 Å². The van der Waals surface area contributed by atoms with Gasteiger partial charge >= 0.3 is 5.97 Å². The van der Waals surface area contributed by atoms with Gasteiger partial charge < -0.3 is 4.74 Å². The number of hydrogen-bond donors (Lipinski definition) is 2. The van der Waals surface area contributed by atoms with Crippen molar-refractivity contribution in [2.45, 2.75) is 70.5 Å². The Labute approximate surface area is 150 Å². The minimum atomic E-state index is -0.375. The Balaban J connectivity index is 3.82. The van der Waals surface area contributed by atoms with Crippen LogP contribution in [0.2, 0.25) is 0 Å². The molecule has 0 radical (unpaired) electrons. The van der Waals surface area contributed by atoms with Gasteiger partial charge in [0.2, 0.25) is 0 Å². The highest BCUT2D eigenvalue weighted by Gasteiger charge is 2.01. The number of carbonyl (C=O) groups is 1. The van der Waals surface area contributed by atoms with E-state index in [0.29, 0.717) is 19.3 Å². The van der Waals surface area contributed by atoms with Crippen molar-refractivity contribution in [2.24, 2.45) is 0 Å². The van der Waals surface area contributed by atoms with Crippen LogP contribution in [-0.4, -0.2) is 35.8 Å². The molecule has 0 aliphatic carbocycles. The van der Waals surface area contributed by atoms with Gasteiger partial charge in [-0.3, -0.25) is 15.3 Å². The molecule has 6 heteroatoms. The van der Waals surface area contributed by atoms with Crippen molar-refractivity contribution >= 4 is 5.97 Å². The van der Waals surface area contributed by atoms with Crippen LogP contribution >= 0.6 is 0 Å². The topological polar surface area (TPSA) is 85.2 Å². The van der Waals surface area contributed by atoms with Crippen molar-refractivity contribution in [2.75, 3.05) is 7.11 Å². The number of rotatable bonds is 15. The first-order valence-corrected chi connectivity index (χ1v) is 8.85. The van der Waals surface area contributed by atoms with Crippen LogP contribution in [0.5, 0.6) is 0 Å². The summed E-state index contributed by atoms with van der Waals surface area (Å²) in [6, 6.07) is 0. The molecule has 0 aliphatic rings. The van der Waals surface area contributed by atoms with E-state index < -0.39 is 0 Å². The van der Waals surface area contributed by atoms with Crippen molar-refractivity contribution in [1.29, 1.82) is 0 Å². The monoisotopic (exact) mass is 356 g/mol. The van der Waals surface area contributed by atoms with Gasteiger partial charge in [0.15, 0.2) is 0 Å². The van der Waals surface area contributed by atoms with Crippen molar-refractivity contribution in [3.8, 4) is 0 Å². The summed E-state index contributed by atoms with van der Waals surface area (Å²) in [6.45, 7) is 1.91. The van der Waals surface area contributed by atoms with Crippen LogP contribution in [0, 0.1) is 0 Å². The van der Waals surface area contributed by atoms with E-state index in [4.69, 9.17) is 10.5 Å². The Hall–Kier alpha value is -1.47. The van der Waals surface area contributed by atoms with Gasteiger partial charge in [-0.05, 0) is 32.1 Å². The minimum Gasteiger partial charge on any atom is -0.469 e. The van der Waals surface area contributed by atoms with E-state index in [-0.39, 0.29) is 18.2 Å². The predicted octanol–water partition coefficient (Wildman–Crippen LogP) is 4.69. The smallest absolute Gasteiger partial charge is 0.305 e. The summed E-state index contributed by atoms with van der Waals surface area (Å²) in [4.78, 5) is 19.6. The van der Waals surface area contributed by atoms with E-state index >= 15 is 0 Å². The first-order chi connectivity index (χ1) is 12.2. The third-order valence-electron chi connectivity index (χ3n) is 3.69. The second-order valence-electron chi connectivity index (χ2n) is 5.70. The number of allylic oxidation sites excluding steroid dienone is 3. The van der Waals surface area contributed by atoms with Gasteiger partial charge in [-0.1, -0.05) is 56.2 Å². The maximum absolute atomic E-state index is 10.9. The molecular formula is C19H32O6. The second-order valence-corrected chi connectivity index (χ2v) is 5.70. The number of unbranched alkanes of at least 4 members (excludes halogenated alkanes) is 4. The zero-order valence-electron chi connectivity index (χ0n) is 15.3. The molecule has 0 heterocycles. The summed E-state index contributed by atoms with van der Waals surface area (Å²) in [5.41, 5.74) is 0. The van der Waals surface area contributed by atoms with Crippen LogP contribution < -0.4 is 0 Å². The van der Waals surface area contributed by atoms with Crippen LogP contribution in [0.1, 0.15) is 58.3 Å². The Morgan fingerprint density at radius 1 is 0.960 bits per heavy atom. The molecule has 2 N–H and O–H groups in total. The number of hydrogen-bond acceptors (Lipinski definition) is 6. The van der Waals surface area contributed by atoms with E-state index in [2.05, 4.69) is 14.5 Å². The maximum atomic E-state index is 10.9. The Bertz CT molecular complexity index is 399. The van der Waals surface area contributed by atoms with E-state index in [1.807, 2.05) is 31.2 Å². The summed E-state index contributed by atoms with van der Waals surface area (Å²) in [6.07, 6.45) is 17.0. The summed E-state index contributed by atoms with van der Waals surface area (Å²) in [5, 5.41) is 17.5. The summed E-state index contributed by atoms with van der Waals surface area (Å²) in [7, 11) is 1.41. The average Bonchev–Trinajstić information content (AvgIpc) is 2.64. The molecule has 0 fully saturated rings. The minimum absolute atomic E-state index is 0.153. The fraction of sp³-hybridized carbons (Fsp3) is 0.632. The zero-order chi connectivity index (χ0) is 18.8. The summed E-state index contributed by atoms with van der Waals surface area (Å²) >= 11 is 0. The van der Waals surface area contributed by atoms with Crippen LogP contribution in [0.15, 0.2) is 36.5 Å². The van der Waals surface area contributed by atoms with Gasteiger partial charge in [0.05, 0.1) is 7.11 Å². The molecule has 0 amide bonds. The molecule has 144 valence electrons. The van der Waals surface area contributed by atoms with E-state index in [1.54, 1.807) is 12.2 Å². The first-order valence-electron chi connectivity index (χ1n) is 8.85. The van der Waals surface area contributed by atoms with Gasteiger partial charge in [0, 0.05) is 6.42 Å². The molecule has 0 aromatic rings. The Kier molecular flexibility index (Phi) is 16.3. The van der Waals surface area contributed by atoms with Gasteiger partial charge in [-0.25, -0.2) is 9.78 Å². The maximum Gasteiger partial charge on any atom is 0.305 e. The summed E-state index contributed by atoms with van der Waals surface area (Å²) in [5.74, 6) is -0.153. The fourth-order valence-corrected chi connectivity index (χ4v) is 2.12. The molecule has 0 rings (SSSR count). The van der Waals surface area contributed by atoms with E-state index in [0.717, 1.165) is 32.1 Å². The van der Waals surface area contributed by atoms with Gasteiger partial charge in [0.1, 0.15) is 12.2 Å². The number of esters is 1. The number of methoxy groups -OCH3 is 1. The SMILES string of the molecule is CCC(/C=C/C=C\CC(/C=C/CCCCCCC(=O)OC)OO)OO. The highest BCUT2D eigenvalue weighted by molar-refractivity contribution is 5.68. The van der Waals surface area contributed by atoms with Crippen LogP contribution in [-0.2, 0) is 19.3 Å². The Morgan fingerprint density at radius 2 is 1.68 bits per heavy atom. The molecule has 0 aliphatic heterocycles. The van der Waals surface area contributed by atoms with Crippen LogP contribution in [0.25, 0.3) is 0 Å². The largest absolute Gasteiger partial charge is 0.469 e. The molecule has 0 aromatic heterocycles. The van der Waals surface area contributed by atoms with Gasteiger partial charge in [0.25, 0.3) is 0 Å². The first kappa shape index (κ1) is 23.5. The lowest BCUT2D eigenvalue weighted by atomic mass is 10.1. The summed E-state index contributed by atoms with van der Waals surface area (Å²) < 4.78 is 4.59. The molecule has 0 bridgehead atoms. The lowest BCUT2D eigenvalue weighted by Gasteiger charge is -2.05. The molecule has 25 heavy (non-hydrogen) atoms. The van der Waals surface area contributed by atoms with Crippen molar-refractivity contribution in [3.05, 3.63) is 36.5 Å². The van der Waals surface area contributed by atoms with Crippen molar-refractivity contribution in [1.82, 2.24) is 0 Å². The second kappa shape index (κ2) is 17.4. The highest BCUT2D eigenvalue weighted by Crippen LogP contribution is 2.08. The molecule has 0 spiro atoms. The fourth-order valence-electron chi connectivity index (χ4n) is 2.12. The zero-order valence-corrected chi connectivity index (χ0v) is 15.3. The van der Waals surface area contributed by atoms with Gasteiger partial charge in [-0.15, -0.1) is 0 Å². The highest BCUT2D eigenvalue weighted by atomic mass is 17.1. The Morgan fingerprint density at radius 3 is 2.32 bits per heavy atom.